The Labute approximate surface area is 94.0 Å². The van der Waals surface area contributed by atoms with Crippen molar-refractivity contribution in [3.8, 4) is 5.88 Å². The van der Waals surface area contributed by atoms with Crippen molar-refractivity contribution >= 4 is 0 Å². The summed E-state index contributed by atoms with van der Waals surface area (Å²) in [6.07, 6.45) is 3.56. The first kappa shape index (κ1) is 11.1. The molecule has 2 unspecified atom stereocenters. The highest BCUT2D eigenvalue weighted by atomic mass is 16.5. The van der Waals surface area contributed by atoms with E-state index < -0.39 is 0 Å². The number of aromatic amines is 1. The zero-order valence-corrected chi connectivity index (χ0v) is 9.40. The number of hydrogen-bond donors (Lipinski definition) is 2. The SMILES string of the molecule is CCc1nc(OC2CCC(N)C2)cc(=O)[nH]1. The lowest BCUT2D eigenvalue weighted by molar-refractivity contribution is 0.198. The summed E-state index contributed by atoms with van der Waals surface area (Å²) in [4.78, 5) is 18.2. The van der Waals surface area contributed by atoms with Crippen LogP contribution < -0.4 is 16.0 Å². The standard InChI is InChI=1S/C11H17N3O2/c1-2-9-13-10(15)6-11(14-9)16-8-4-3-7(12)5-8/h6-8H,2-5,12H2,1H3,(H,13,14,15). The van der Waals surface area contributed by atoms with Crippen LogP contribution in [0.4, 0.5) is 0 Å². The molecular formula is C11H17N3O2. The molecule has 5 nitrogen and oxygen atoms in total. The number of ether oxygens (including phenoxy) is 1. The maximum atomic E-state index is 11.3. The molecule has 1 aliphatic rings. The molecule has 1 aromatic rings. The summed E-state index contributed by atoms with van der Waals surface area (Å²) in [6, 6.07) is 1.61. The van der Waals surface area contributed by atoms with Crippen molar-refractivity contribution < 1.29 is 4.74 Å². The van der Waals surface area contributed by atoms with E-state index in [4.69, 9.17) is 10.5 Å². The molecule has 3 N–H and O–H groups in total. The minimum atomic E-state index is -0.163. The zero-order chi connectivity index (χ0) is 11.5. The molecule has 5 heteroatoms. The van der Waals surface area contributed by atoms with Gasteiger partial charge in [-0.3, -0.25) is 4.79 Å². The highest BCUT2D eigenvalue weighted by Gasteiger charge is 2.23. The topological polar surface area (TPSA) is 81.0 Å². The quantitative estimate of drug-likeness (QED) is 0.786. The van der Waals surface area contributed by atoms with Crippen LogP contribution in [0.2, 0.25) is 0 Å². The van der Waals surface area contributed by atoms with Crippen LogP contribution in [0.25, 0.3) is 0 Å². The van der Waals surface area contributed by atoms with E-state index in [9.17, 15) is 4.79 Å². The third-order valence-corrected chi connectivity index (χ3v) is 2.81. The number of nitrogens with one attached hydrogen (secondary N) is 1. The summed E-state index contributed by atoms with van der Waals surface area (Å²) < 4.78 is 5.66. The Morgan fingerprint density at radius 3 is 3.06 bits per heavy atom. The van der Waals surface area contributed by atoms with Crippen molar-refractivity contribution in [3.63, 3.8) is 0 Å². The van der Waals surface area contributed by atoms with Crippen LogP contribution in [0, 0.1) is 0 Å². The van der Waals surface area contributed by atoms with Gasteiger partial charge in [-0.1, -0.05) is 6.92 Å². The second-order valence-corrected chi connectivity index (χ2v) is 4.20. The molecule has 1 saturated carbocycles. The Hall–Kier alpha value is -1.36. The highest BCUT2D eigenvalue weighted by Crippen LogP contribution is 2.21. The van der Waals surface area contributed by atoms with Crippen molar-refractivity contribution in [2.24, 2.45) is 5.73 Å². The lowest BCUT2D eigenvalue weighted by atomic mass is 10.3. The first-order chi connectivity index (χ1) is 7.67. The number of aromatic nitrogens is 2. The second kappa shape index (κ2) is 4.65. The van der Waals surface area contributed by atoms with E-state index in [1.807, 2.05) is 6.92 Å². The Morgan fingerprint density at radius 1 is 1.62 bits per heavy atom. The third kappa shape index (κ3) is 2.61. The predicted molar refractivity (Wildman–Crippen MR) is 60.5 cm³/mol. The zero-order valence-electron chi connectivity index (χ0n) is 9.40. The van der Waals surface area contributed by atoms with E-state index in [2.05, 4.69) is 9.97 Å². The summed E-state index contributed by atoms with van der Waals surface area (Å²) in [7, 11) is 0. The molecule has 2 rings (SSSR count). The fourth-order valence-corrected chi connectivity index (χ4v) is 1.96. The molecule has 0 radical (unpaired) electrons. The summed E-state index contributed by atoms with van der Waals surface area (Å²) in [5, 5.41) is 0. The largest absolute Gasteiger partial charge is 0.474 e. The van der Waals surface area contributed by atoms with Crippen molar-refractivity contribution in [1.82, 2.24) is 9.97 Å². The van der Waals surface area contributed by atoms with Gasteiger partial charge in [-0.05, 0) is 19.3 Å². The number of rotatable bonds is 3. The van der Waals surface area contributed by atoms with E-state index >= 15 is 0 Å². The first-order valence-corrected chi connectivity index (χ1v) is 5.70. The van der Waals surface area contributed by atoms with Crippen molar-refractivity contribution in [1.29, 1.82) is 0 Å². The van der Waals surface area contributed by atoms with Crippen LogP contribution in [0.1, 0.15) is 32.0 Å². The molecule has 0 amide bonds. The van der Waals surface area contributed by atoms with Gasteiger partial charge in [0.15, 0.2) is 0 Å². The molecule has 0 saturated heterocycles. The fourth-order valence-electron chi connectivity index (χ4n) is 1.96. The van der Waals surface area contributed by atoms with Gasteiger partial charge in [0.25, 0.3) is 5.56 Å². The number of aryl methyl sites for hydroxylation is 1. The number of nitrogens with zero attached hydrogens (tertiary/aromatic N) is 1. The van der Waals surface area contributed by atoms with Gasteiger partial charge in [-0.2, -0.15) is 0 Å². The Kier molecular flexibility index (Phi) is 3.24. The summed E-state index contributed by atoms with van der Waals surface area (Å²) in [5.41, 5.74) is 5.63. The van der Waals surface area contributed by atoms with Crippen LogP contribution in [0.15, 0.2) is 10.9 Å². The lowest BCUT2D eigenvalue weighted by Crippen LogP contribution is -2.20. The number of nitrogens with two attached hydrogens (primary N) is 1. The van der Waals surface area contributed by atoms with E-state index in [0.717, 1.165) is 19.3 Å². The molecule has 0 bridgehead atoms. The van der Waals surface area contributed by atoms with Crippen molar-refractivity contribution in [2.75, 3.05) is 0 Å². The minimum absolute atomic E-state index is 0.106. The molecule has 1 aliphatic carbocycles. The molecular weight excluding hydrogens is 206 g/mol. The first-order valence-electron chi connectivity index (χ1n) is 5.70. The van der Waals surface area contributed by atoms with Gasteiger partial charge in [0, 0.05) is 12.5 Å². The molecule has 1 aromatic heterocycles. The minimum Gasteiger partial charge on any atom is -0.474 e. The normalized spacial score (nSPS) is 24.6. The summed E-state index contributed by atoms with van der Waals surface area (Å²) in [5.74, 6) is 1.07. The lowest BCUT2D eigenvalue weighted by Gasteiger charge is -2.12. The predicted octanol–water partition coefficient (Wildman–Crippen LogP) is 0.591. The molecule has 1 fully saturated rings. The molecule has 88 valence electrons. The number of H-pyrrole nitrogens is 1. The molecule has 16 heavy (non-hydrogen) atoms. The van der Waals surface area contributed by atoms with Crippen LogP contribution in [-0.2, 0) is 6.42 Å². The van der Waals surface area contributed by atoms with E-state index in [1.54, 1.807) is 0 Å². The molecule has 0 aliphatic heterocycles. The van der Waals surface area contributed by atoms with Crippen LogP contribution in [0.3, 0.4) is 0 Å². The second-order valence-electron chi connectivity index (χ2n) is 4.20. The van der Waals surface area contributed by atoms with E-state index in [-0.39, 0.29) is 17.7 Å². The van der Waals surface area contributed by atoms with Gasteiger partial charge >= 0.3 is 0 Å². The highest BCUT2D eigenvalue weighted by molar-refractivity contribution is 5.09. The van der Waals surface area contributed by atoms with Gasteiger partial charge in [0.05, 0.1) is 6.07 Å². The van der Waals surface area contributed by atoms with Gasteiger partial charge in [0.1, 0.15) is 11.9 Å². The van der Waals surface area contributed by atoms with E-state index in [1.165, 1.54) is 6.07 Å². The fraction of sp³-hybridized carbons (Fsp3) is 0.636. The van der Waals surface area contributed by atoms with Crippen molar-refractivity contribution in [2.45, 2.75) is 44.8 Å². The smallest absolute Gasteiger partial charge is 0.254 e. The van der Waals surface area contributed by atoms with Crippen LogP contribution in [0.5, 0.6) is 5.88 Å². The maximum absolute atomic E-state index is 11.3. The average Bonchev–Trinajstić information content (AvgIpc) is 2.63. The maximum Gasteiger partial charge on any atom is 0.254 e. The Morgan fingerprint density at radius 2 is 2.44 bits per heavy atom. The number of hydrogen-bond acceptors (Lipinski definition) is 4. The van der Waals surface area contributed by atoms with Crippen LogP contribution >= 0.6 is 0 Å². The van der Waals surface area contributed by atoms with Gasteiger partial charge < -0.3 is 15.5 Å². The van der Waals surface area contributed by atoms with Gasteiger partial charge in [0.2, 0.25) is 5.88 Å². The summed E-state index contributed by atoms with van der Waals surface area (Å²) >= 11 is 0. The van der Waals surface area contributed by atoms with Gasteiger partial charge in [-0.15, -0.1) is 0 Å². The molecule has 1 heterocycles. The monoisotopic (exact) mass is 223 g/mol. The Balaban J connectivity index is 2.09. The average molecular weight is 223 g/mol. The molecule has 0 spiro atoms. The van der Waals surface area contributed by atoms with E-state index in [0.29, 0.717) is 18.1 Å². The molecule has 2 atom stereocenters. The van der Waals surface area contributed by atoms with Crippen LogP contribution in [-0.4, -0.2) is 22.1 Å². The van der Waals surface area contributed by atoms with Crippen molar-refractivity contribution in [3.05, 3.63) is 22.2 Å². The summed E-state index contributed by atoms with van der Waals surface area (Å²) in [6.45, 7) is 1.94. The van der Waals surface area contributed by atoms with Gasteiger partial charge in [-0.25, -0.2) is 4.98 Å². The third-order valence-electron chi connectivity index (χ3n) is 2.81. The Bertz CT molecular complexity index is 416. The molecule has 0 aromatic carbocycles.